The zero-order valence-electron chi connectivity index (χ0n) is 25.9. The van der Waals surface area contributed by atoms with Crippen LogP contribution in [0.25, 0.3) is 0 Å². The monoisotopic (exact) mass is 543 g/mol. The first-order valence-electron chi connectivity index (χ1n) is 17.2. The highest BCUT2D eigenvalue weighted by molar-refractivity contribution is 4.68. The minimum atomic E-state index is -0.538. The molecule has 0 aliphatic carbocycles. The first-order valence-corrected chi connectivity index (χ1v) is 17.2. The largest absolute Gasteiger partial charge is 0.390 e. The van der Waals surface area contributed by atoms with Gasteiger partial charge in [0.05, 0.1) is 24.4 Å². The van der Waals surface area contributed by atoms with E-state index in [0.29, 0.717) is 0 Å². The Morgan fingerprint density at radius 3 is 0.605 bits per heavy atom. The van der Waals surface area contributed by atoms with Gasteiger partial charge in [-0.15, -0.1) is 0 Å². The maximum atomic E-state index is 10.2. The first-order chi connectivity index (χ1) is 18.5. The van der Waals surface area contributed by atoms with Crippen LogP contribution in [0.2, 0.25) is 0 Å². The van der Waals surface area contributed by atoms with E-state index < -0.39 is 24.4 Å². The molecule has 38 heavy (non-hydrogen) atoms. The maximum Gasteiger partial charge on any atom is 0.0799 e. The van der Waals surface area contributed by atoms with Crippen LogP contribution < -0.4 is 0 Å². The molecule has 0 aromatic rings. The van der Waals surface area contributed by atoms with Crippen LogP contribution in [-0.2, 0) is 0 Å². The summed E-state index contributed by atoms with van der Waals surface area (Å²) in [5.74, 6) is 0. The van der Waals surface area contributed by atoms with Crippen LogP contribution >= 0.6 is 0 Å². The molecule has 0 bridgehead atoms. The number of rotatable bonds is 31. The van der Waals surface area contributed by atoms with E-state index >= 15 is 0 Å². The van der Waals surface area contributed by atoms with E-state index in [-0.39, 0.29) is 0 Å². The van der Waals surface area contributed by atoms with E-state index in [1.165, 1.54) is 128 Å². The summed E-state index contributed by atoms with van der Waals surface area (Å²) in [6.07, 6.45) is 30.2. The third-order valence-electron chi connectivity index (χ3n) is 8.34. The van der Waals surface area contributed by atoms with Crippen molar-refractivity contribution in [2.45, 2.75) is 218 Å². The molecule has 0 saturated heterocycles. The lowest BCUT2D eigenvalue weighted by atomic mass is 9.99. The van der Waals surface area contributed by atoms with Gasteiger partial charge in [0.25, 0.3) is 0 Å². The van der Waals surface area contributed by atoms with Gasteiger partial charge in [0, 0.05) is 0 Å². The third-order valence-corrected chi connectivity index (χ3v) is 8.34. The normalized spacial score (nSPS) is 15.0. The molecule has 0 rings (SSSR count). The molecule has 0 aromatic heterocycles. The van der Waals surface area contributed by atoms with Crippen LogP contribution in [0.3, 0.4) is 0 Å². The molecule has 0 aliphatic heterocycles. The third kappa shape index (κ3) is 26.1. The summed E-state index contributed by atoms with van der Waals surface area (Å²) in [5, 5.41) is 40.6. The van der Waals surface area contributed by atoms with Gasteiger partial charge in [-0.05, 0) is 25.7 Å². The number of hydrogen-bond donors (Lipinski definition) is 4. The van der Waals surface area contributed by atoms with Crippen LogP contribution in [0.5, 0.6) is 0 Å². The predicted octanol–water partition coefficient (Wildman–Crippen LogP) is 9.39. The van der Waals surface area contributed by atoms with Gasteiger partial charge in [-0.1, -0.05) is 168 Å². The van der Waals surface area contributed by atoms with Gasteiger partial charge in [0.1, 0.15) is 0 Å². The van der Waals surface area contributed by atoms with Crippen molar-refractivity contribution in [2.75, 3.05) is 0 Å². The van der Waals surface area contributed by atoms with Crippen molar-refractivity contribution in [1.29, 1.82) is 0 Å². The number of aliphatic hydroxyl groups is 4. The molecular formula is C34H70O4. The highest BCUT2D eigenvalue weighted by Crippen LogP contribution is 2.18. The average Bonchev–Trinajstić information content (AvgIpc) is 2.92. The molecule has 4 unspecified atom stereocenters. The minimum absolute atomic E-state index is 0.534. The fraction of sp³-hybridized carbons (Fsp3) is 1.00. The maximum absolute atomic E-state index is 10.2. The number of aliphatic hydroxyl groups excluding tert-OH is 4. The van der Waals surface area contributed by atoms with Crippen molar-refractivity contribution >= 4 is 0 Å². The molecule has 0 heterocycles. The standard InChI is InChI=1S/C34H70O4/c1-3-5-7-9-19-23-27-31(35)33(37)29-25-21-17-15-13-11-12-14-16-18-22-26-30-34(38)32(36)28-24-20-10-8-6-4-2/h31-38H,3-30H2,1-2H3. The Morgan fingerprint density at radius 1 is 0.263 bits per heavy atom. The second-order valence-corrected chi connectivity index (χ2v) is 12.2. The summed E-state index contributed by atoms with van der Waals surface area (Å²) in [6.45, 7) is 4.45. The van der Waals surface area contributed by atoms with Gasteiger partial charge in [0.2, 0.25) is 0 Å². The molecule has 230 valence electrons. The van der Waals surface area contributed by atoms with Crippen LogP contribution in [-0.4, -0.2) is 44.8 Å². The lowest BCUT2D eigenvalue weighted by Crippen LogP contribution is -2.25. The zero-order valence-corrected chi connectivity index (χ0v) is 25.9. The fourth-order valence-corrected chi connectivity index (χ4v) is 5.51. The molecule has 0 radical (unpaired) electrons. The Bertz CT molecular complexity index is 404. The molecule has 4 N–H and O–H groups in total. The lowest BCUT2D eigenvalue weighted by Gasteiger charge is -2.17. The van der Waals surface area contributed by atoms with Gasteiger partial charge in [0.15, 0.2) is 0 Å². The van der Waals surface area contributed by atoms with Gasteiger partial charge in [-0.2, -0.15) is 0 Å². The molecule has 4 nitrogen and oxygen atoms in total. The highest BCUT2D eigenvalue weighted by atomic mass is 16.3. The summed E-state index contributed by atoms with van der Waals surface area (Å²) >= 11 is 0. The van der Waals surface area contributed by atoms with Gasteiger partial charge in [-0.3, -0.25) is 0 Å². The fourth-order valence-electron chi connectivity index (χ4n) is 5.51. The average molecular weight is 543 g/mol. The number of hydrogen-bond acceptors (Lipinski definition) is 4. The molecule has 0 aromatic carbocycles. The molecule has 0 fully saturated rings. The molecule has 4 atom stereocenters. The van der Waals surface area contributed by atoms with Crippen molar-refractivity contribution in [1.82, 2.24) is 0 Å². The molecule has 0 aliphatic rings. The highest BCUT2D eigenvalue weighted by Gasteiger charge is 2.16. The van der Waals surface area contributed by atoms with E-state index in [1.54, 1.807) is 0 Å². The Labute approximate surface area is 238 Å². The van der Waals surface area contributed by atoms with Gasteiger partial charge >= 0.3 is 0 Å². The summed E-state index contributed by atoms with van der Waals surface area (Å²) < 4.78 is 0. The van der Waals surface area contributed by atoms with Gasteiger partial charge < -0.3 is 20.4 Å². The summed E-state index contributed by atoms with van der Waals surface area (Å²) in [6, 6.07) is 0. The molecular weight excluding hydrogens is 472 g/mol. The van der Waals surface area contributed by atoms with E-state index in [1.807, 2.05) is 0 Å². The van der Waals surface area contributed by atoms with Crippen LogP contribution in [0, 0.1) is 0 Å². The minimum Gasteiger partial charge on any atom is -0.390 e. The van der Waals surface area contributed by atoms with Gasteiger partial charge in [-0.25, -0.2) is 0 Å². The summed E-state index contributed by atoms with van der Waals surface area (Å²) in [5.41, 5.74) is 0. The molecule has 4 heteroatoms. The second-order valence-electron chi connectivity index (χ2n) is 12.2. The van der Waals surface area contributed by atoms with E-state index in [4.69, 9.17) is 0 Å². The van der Waals surface area contributed by atoms with Crippen molar-refractivity contribution in [2.24, 2.45) is 0 Å². The van der Waals surface area contributed by atoms with E-state index in [0.717, 1.165) is 51.4 Å². The van der Waals surface area contributed by atoms with E-state index in [9.17, 15) is 20.4 Å². The smallest absolute Gasteiger partial charge is 0.0799 e. The summed E-state index contributed by atoms with van der Waals surface area (Å²) in [7, 11) is 0. The first kappa shape index (κ1) is 37.8. The van der Waals surface area contributed by atoms with E-state index in [2.05, 4.69) is 13.8 Å². The topological polar surface area (TPSA) is 80.9 Å². The van der Waals surface area contributed by atoms with Crippen molar-refractivity contribution in [3.8, 4) is 0 Å². The van der Waals surface area contributed by atoms with Crippen LogP contribution in [0.15, 0.2) is 0 Å². The molecule has 0 spiro atoms. The molecule has 0 saturated carbocycles. The quantitative estimate of drug-likeness (QED) is 0.0658. The SMILES string of the molecule is CCCCCCCCC(O)C(O)CCCCCCCCCCCCCCC(O)C(O)CCCCCCCC. The van der Waals surface area contributed by atoms with Crippen molar-refractivity contribution in [3.63, 3.8) is 0 Å². The Kier molecular flexibility index (Phi) is 29.7. The summed E-state index contributed by atoms with van der Waals surface area (Å²) in [4.78, 5) is 0. The van der Waals surface area contributed by atoms with Crippen LogP contribution in [0.4, 0.5) is 0 Å². The zero-order chi connectivity index (χ0) is 28.1. The Morgan fingerprint density at radius 2 is 0.421 bits per heavy atom. The predicted molar refractivity (Wildman–Crippen MR) is 165 cm³/mol. The Balaban J connectivity index is 3.37. The molecule has 0 amide bonds. The van der Waals surface area contributed by atoms with Crippen molar-refractivity contribution in [3.05, 3.63) is 0 Å². The second kappa shape index (κ2) is 29.8. The van der Waals surface area contributed by atoms with Crippen molar-refractivity contribution < 1.29 is 20.4 Å². The Hall–Kier alpha value is -0.160. The number of unbranched alkanes of at least 4 members (excludes halogenated alkanes) is 21. The van der Waals surface area contributed by atoms with Crippen LogP contribution in [0.1, 0.15) is 194 Å². The lowest BCUT2D eigenvalue weighted by molar-refractivity contribution is 0.00711.